The smallest absolute Gasteiger partial charge is 0.338 e. The molecule has 1 fully saturated rings. The zero-order valence-corrected chi connectivity index (χ0v) is 18.2. The quantitative estimate of drug-likeness (QED) is 0.302. The Balaban J connectivity index is 1.80. The van der Waals surface area contributed by atoms with Crippen LogP contribution in [0, 0.1) is 5.41 Å². The van der Waals surface area contributed by atoms with Gasteiger partial charge < -0.3 is 44.1 Å². The van der Waals surface area contributed by atoms with Crippen molar-refractivity contribution in [2.45, 2.75) is 38.8 Å². The molecule has 1 aliphatic heterocycles. The van der Waals surface area contributed by atoms with E-state index in [9.17, 15) is 30.0 Å². The minimum atomic E-state index is -2.29. The summed E-state index contributed by atoms with van der Waals surface area (Å²) in [6.45, 7) is -4.53. The van der Waals surface area contributed by atoms with Crippen molar-refractivity contribution in [1.29, 1.82) is 0 Å². The van der Waals surface area contributed by atoms with Gasteiger partial charge in [-0.15, -0.1) is 0 Å². The van der Waals surface area contributed by atoms with Gasteiger partial charge in [-0.1, -0.05) is 12.5 Å². The third kappa shape index (κ3) is 4.50. The molecule has 182 valence electrons. The van der Waals surface area contributed by atoms with Crippen molar-refractivity contribution in [2.24, 2.45) is 5.41 Å². The Kier molecular flexibility index (Phi) is 6.62. The van der Waals surface area contributed by atoms with Gasteiger partial charge in [0.2, 0.25) is 5.75 Å². The van der Waals surface area contributed by atoms with Crippen LogP contribution in [0.25, 0.3) is 11.1 Å². The molecule has 0 aromatic heterocycles. The average molecular weight is 476 g/mol. The molecule has 0 unspecified atom stereocenters. The van der Waals surface area contributed by atoms with E-state index in [4.69, 9.17) is 23.7 Å². The number of methoxy groups -OCH3 is 1. The van der Waals surface area contributed by atoms with Crippen LogP contribution in [0.4, 0.5) is 0 Å². The molecule has 0 radical (unpaired) electrons. The number of aliphatic hydroxyl groups is 4. The summed E-state index contributed by atoms with van der Waals surface area (Å²) < 4.78 is 26.0. The van der Waals surface area contributed by atoms with Crippen molar-refractivity contribution in [3.63, 3.8) is 0 Å². The highest BCUT2D eigenvalue weighted by Crippen LogP contribution is 2.48. The molecule has 4 rings (SSSR count). The van der Waals surface area contributed by atoms with E-state index in [1.54, 1.807) is 18.2 Å². The van der Waals surface area contributed by atoms with Gasteiger partial charge in [0.25, 0.3) is 0 Å². The molecular weight excluding hydrogens is 452 g/mol. The Morgan fingerprint density at radius 3 is 2.35 bits per heavy atom. The van der Waals surface area contributed by atoms with Gasteiger partial charge in [-0.3, -0.25) is 4.79 Å². The number of benzene rings is 2. The number of fused-ring (bicyclic) bond motifs is 1. The molecule has 34 heavy (non-hydrogen) atoms. The van der Waals surface area contributed by atoms with Gasteiger partial charge in [0.1, 0.15) is 18.6 Å². The number of ether oxygens (including phenoxy) is 5. The second kappa shape index (κ2) is 9.47. The van der Waals surface area contributed by atoms with E-state index in [1.165, 1.54) is 19.2 Å². The number of hydrogen-bond donors (Lipinski definition) is 4. The number of carbonyl (C=O) groups is 2. The fraction of sp³-hybridized carbons (Fsp3) is 0.391. The summed E-state index contributed by atoms with van der Waals surface area (Å²) >= 11 is 0. The zero-order chi connectivity index (χ0) is 24.5. The molecular formula is C23H24O11. The Labute approximate surface area is 194 Å². The van der Waals surface area contributed by atoms with Crippen molar-refractivity contribution < 1.29 is 53.7 Å². The van der Waals surface area contributed by atoms with Crippen LogP contribution >= 0.6 is 0 Å². The Morgan fingerprint density at radius 1 is 1.03 bits per heavy atom. The number of hydrogen-bond acceptors (Lipinski definition) is 11. The van der Waals surface area contributed by atoms with Crippen LogP contribution in [-0.4, -0.2) is 59.0 Å². The topological polar surface area (TPSA) is 161 Å². The molecule has 2 aromatic carbocycles. The summed E-state index contributed by atoms with van der Waals surface area (Å²) in [6, 6.07) is 7.81. The maximum atomic E-state index is 12.4. The van der Waals surface area contributed by atoms with E-state index < -0.39 is 30.3 Å². The normalized spacial score (nSPS) is 16.0. The highest BCUT2D eigenvalue weighted by molar-refractivity contribution is 5.94. The van der Waals surface area contributed by atoms with E-state index in [0.29, 0.717) is 35.1 Å². The molecule has 1 aliphatic carbocycles. The van der Waals surface area contributed by atoms with Gasteiger partial charge in [0, 0.05) is 11.1 Å². The van der Waals surface area contributed by atoms with Gasteiger partial charge >= 0.3 is 24.9 Å². The second-order valence-corrected chi connectivity index (χ2v) is 8.02. The number of esters is 2. The lowest BCUT2D eigenvalue weighted by molar-refractivity contribution is -0.193. The van der Waals surface area contributed by atoms with Crippen molar-refractivity contribution in [2.75, 3.05) is 13.7 Å². The second-order valence-electron chi connectivity index (χ2n) is 8.02. The van der Waals surface area contributed by atoms with Crippen molar-refractivity contribution in [1.82, 2.24) is 0 Å². The predicted octanol–water partition coefficient (Wildman–Crippen LogP) is 1.04. The van der Waals surface area contributed by atoms with Crippen molar-refractivity contribution in [3.8, 4) is 28.4 Å². The zero-order valence-electron chi connectivity index (χ0n) is 18.2. The first kappa shape index (κ1) is 23.8. The summed E-state index contributed by atoms with van der Waals surface area (Å²) in [7, 11) is 1.29. The number of aliphatic hydroxyl groups excluding tert-OH is 2. The van der Waals surface area contributed by atoms with Crippen LogP contribution in [0.5, 0.6) is 17.2 Å². The molecule has 4 N–H and O–H groups in total. The van der Waals surface area contributed by atoms with Crippen LogP contribution in [0.2, 0.25) is 0 Å². The summed E-state index contributed by atoms with van der Waals surface area (Å²) in [6.07, 6.45) is 1.89. The molecule has 0 spiro atoms. The predicted molar refractivity (Wildman–Crippen MR) is 112 cm³/mol. The average Bonchev–Trinajstić information content (AvgIpc) is 3.14. The van der Waals surface area contributed by atoms with Crippen molar-refractivity contribution in [3.05, 3.63) is 41.5 Å². The minimum Gasteiger partial charge on any atom is -0.488 e. The first-order chi connectivity index (χ1) is 16.2. The van der Waals surface area contributed by atoms with Crippen LogP contribution in [-0.2, 0) is 20.9 Å². The van der Waals surface area contributed by atoms with Gasteiger partial charge in [0.15, 0.2) is 11.5 Å². The van der Waals surface area contributed by atoms with Crippen LogP contribution < -0.4 is 14.2 Å². The van der Waals surface area contributed by atoms with Crippen molar-refractivity contribution >= 4 is 11.9 Å². The van der Waals surface area contributed by atoms with Gasteiger partial charge in [0.05, 0.1) is 12.7 Å². The summed E-state index contributed by atoms with van der Waals surface area (Å²) in [5.41, 5.74) is 1.16. The van der Waals surface area contributed by atoms with E-state index in [0.717, 1.165) is 6.42 Å². The van der Waals surface area contributed by atoms with E-state index >= 15 is 0 Å². The highest BCUT2D eigenvalue weighted by atomic mass is 16.8. The Hall–Kier alpha value is -3.38. The largest absolute Gasteiger partial charge is 0.488 e. The lowest BCUT2D eigenvalue weighted by Crippen LogP contribution is -2.44. The van der Waals surface area contributed by atoms with Crippen LogP contribution in [0.15, 0.2) is 30.3 Å². The van der Waals surface area contributed by atoms with E-state index in [1.807, 2.05) is 0 Å². The molecule has 0 atom stereocenters. The third-order valence-corrected chi connectivity index (χ3v) is 5.95. The van der Waals surface area contributed by atoms with Gasteiger partial charge in [-0.2, -0.15) is 0 Å². The number of rotatable bonds is 9. The van der Waals surface area contributed by atoms with Gasteiger partial charge in [-0.25, -0.2) is 4.79 Å². The van der Waals surface area contributed by atoms with Gasteiger partial charge in [-0.05, 0) is 42.7 Å². The molecule has 11 heteroatoms. The summed E-state index contributed by atoms with van der Waals surface area (Å²) in [4.78, 5) is 24.2. The molecule has 0 saturated heterocycles. The first-order valence-corrected chi connectivity index (χ1v) is 10.5. The molecule has 0 bridgehead atoms. The first-order valence-electron chi connectivity index (χ1n) is 10.5. The van der Waals surface area contributed by atoms with Crippen LogP contribution in [0.1, 0.15) is 35.2 Å². The maximum absolute atomic E-state index is 12.4. The Morgan fingerprint density at radius 2 is 1.74 bits per heavy atom. The molecule has 1 heterocycles. The lowest BCUT2D eigenvalue weighted by Gasteiger charge is -2.38. The molecule has 1 saturated carbocycles. The number of carbonyl (C=O) groups excluding carboxylic acids is 2. The lowest BCUT2D eigenvalue weighted by atomic mass is 9.69. The fourth-order valence-electron chi connectivity index (χ4n) is 4.08. The SMILES string of the molecule is COC(=O)C1(COc2c(-c3ccc4c(c3)COC4=O)ccc(OC(O)O)c2OC(O)O)CCC1. The van der Waals surface area contributed by atoms with E-state index in [-0.39, 0.29) is 30.5 Å². The molecule has 2 aliphatic rings. The molecule has 2 aromatic rings. The monoisotopic (exact) mass is 476 g/mol. The highest BCUT2D eigenvalue weighted by Gasteiger charge is 2.46. The fourth-order valence-corrected chi connectivity index (χ4v) is 4.08. The van der Waals surface area contributed by atoms with E-state index in [2.05, 4.69) is 0 Å². The maximum Gasteiger partial charge on any atom is 0.338 e. The third-order valence-electron chi connectivity index (χ3n) is 5.95. The minimum absolute atomic E-state index is 0.0355. The summed E-state index contributed by atoms with van der Waals surface area (Å²) in [5.74, 6) is -1.48. The summed E-state index contributed by atoms with van der Waals surface area (Å²) in [5, 5.41) is 37.6. The molecule has 0 amide bonds. The standard InChI is InChI=1S/C23H24O11/c1-30-20(25)23(7-2-8-23)11-32-17-14(12-3-4-15-13(9-12)10-31-19(15)24)5-6-16(33-21(26)27)18(17)34-22(28)29/h3-6,9,21-22,26-29H,2,7-8,10-11H2,1H3. The Bertz CT molecular complexity index is 1090. The number of cyclic esters (lactones) is 1. The van der Waals surface area contributed by atoms with Crippen LogP contribution in [0.3, 0.4) is 0 Å². The molecule has 11 nitrogen and oxygen atoms in total.